The number of aliphatic imine (C=N–C) groups is 1. The summed E-state index contributed by atoms with van der Waals surface area (Å²) in [5.74, 6) is -2.53. The summed E-state index contributed by atoms with van der Waals surface area (Å²) in [5, 5.41) is 0.436. The lowest BCUT2D eigenvalue weighted by Crippen LogP contribution is -2.37. The predicted octanol–water partition coefficient (Wildman–Crippen LogP) is 2.87. The van der Waals surface area contributed by atoms with E-state index in [1.807, 2.05) is 0 Å². The van der Waals surface area contributed by atoms with Gasteiger partial charge in [-0.1, -0.05) is 29.8 Å². The van der Waals surface area contributed by atoms with Crippen LogP contribution in [-0.2, 0) is 23.8 Å². The lowest BCUT2D eigenvalue weighted by Gasteiger charge is -2.32. The zero-order chi connectivity index (χ0) is 21.4. The Balaban J connectivity index is 2.66. The molecule has 0 fully saturated rings. The minimum atomic E-state index is -0.799. The van der Waals surface area contributed by atoms with Crippen molar-refractivity contribution in [1.82, 2.24) is 0 Å². The zero-order valence-electron chi connectivity index (χ0n) is 16.9. The molecule has 0 aromatic heterocycles. The molecule has 1 heterocycles. The number of esters is 2. The number of halogens is 1. The van der Waals surface area contributed by atoms with Crippen molar-refractivity contribution in [3.63, 3.8) is 0 Å². The topological polar surface area (TPSA) is 100 Å². The maximum atomic E-state index is 12.9. The summed E-state index contributed by atoms with van der Waals surface area (Å²) in [6.45, 7) is 6.29. The summed E-state index contributed by atoms with van der Waals surface area (Å²) in [6.07, 6.45) is 0. The van der Waals surface area contributed by atoms with E-state index < -0.39 is 23.8 Å². The molecule has 2 atom stereocenters. The molecule has 1 aromatic carbocycles. The lowest BCUT2D eigenvalue weighted by atomic mass is 9.75. The number of ether oxygens (including phenoxy) is 3. The first kappa shape index (κ1) is 23.1. The maximum Gasteiger partial charge on any atom is 0.336 e. The van der Waals surface area contributed by atoms with E-state index in [0.29, 0.717) is 35.1 Å². The van der Waals surface area contributed by atoms with Gasteiger partial charge in [0, 0.05) is 23.2 Å². The Morgan fingerprint density at radius 2 is 1.86 bits per heavy atom. The Bertz CT molecular complexity index is 806. The molecule has 1 aromatic rings. The Morgan fingerprint density at radius 3 is 2.48 bits per heavy atom. The second-order valence-electron chi connectivity index (χ2n) is 6.40. The van der Waals surface area contributed by atoms with E-state index >= 15 is 0 Å². The first-order valence-corrected chi connectivity index (χ1v) is 9.98. The van der Waals surface area contributed by atoms with Crippen LogP contribution in [0.15, 0.2) is 40.5 Å². The predicted molar refractivity (Wildman–Crippen MR) is 111 cm³/mol. The molecular formula is C21H27ClN2O5. The van der Waals surface area contributed by atoms with Gasteiger partial charge in [0.1, 0.15) is 5.92 Å². The van der Waals surface area contributed by atoms with Gasteiger partial charge in [0.05, 0.1) is 37.7 Å². The van der Waals surface area contributed by atoms with Crippen LogP contribution in [0.3, 0.4) is 0 Å². The summed E-state index contributed by atoms with van der Waals surface area (Å²) in [4.78, 5) is 30.3. The Kier molecular flexibility index (Phi) is 8.82. The number of carbonyl (C=O) groups is 2. The molecule has 0 amide bonds. The molecule has 0 aliphatic carbocycles. The molecule has 7 nitrogen and oxygen atoms in total. The lowest BCUT2D eigenvalue weighted by molar-refractivity contribution is -0.146. The normalized spacial score (nSPS) is 19.0. The van der Waals surface area contributed by atoms with Gasteiger partial charge >= 0.3 is 11.9 Å². The van der Waals surface area contributed by atoms with Crippen molar-refractivity contribution >= 4 is 29.3 Å². The van der Waals surface area contributed by atoms with Crippen LogP contribution in [0.2, 0.25) is 5.02 Å². The fourth-order valence-corrected chi connectivity index (χ4v) is 3.60. The van der Waals surface area contributed by atoms with Crippen LogP contribution in [0.4, 0.5) is 0 Å². The molecule has 1 aliphatic rings. The van der Waals surface area contributed by atoms with E-state index in [1.54, 1.807) is 45.0 Å². The van der Waals surface area contributed by atoms with Gasteiger partial charge in [-0.05, 0) is 32.4 Å². The number of nitrogens with two attached hydrogens (primary N) is 1. The van der Waals surface area contributed by atoms with E-state index in [1.165, 1.54) is 0 Å². The Labute approximate surface area is 175 Å². The molecule has 2 N–H and O–H groups in total. The molecule has 158 valence electrons. The SMILES string of the molecule is CCOC(=O)C1=C(COCCN)N=C(C)C(C(=O)OCC)C1c1ccccc1Cl. The summed E-state index contributed by atoms with van der Waals surface area (Å²) in [6, 6.07) is 7.09. The largest absolute Gasteiger partial charge is 0.465 e. The van der Waals surface area contributed by atoms with Crippen LogP contribution < -0.4 is 5.73 Å². The number of carbonyl (C=O) groups excluding carboxylic acids is 2. The fraction of sp³-hybridized carbons (Fsp3) is 0.476. The third-order valence-electron chi connectivity index (χ3n) is 4.49. The first-order valence-electron chi connectivity index (χ1n) is 9.60. The highest BCUT2D eigenvalue weighted by Crippen LogP contribution is 2.42. The summed E-state index contributed by atoms with van der Waals surface area (Å²) in [7, 11) is 0. The minimum Gasteiger partial charge on any atom is -0.465 e. The number of benzene rings is 1. The maximum absolute atomic E-state index is 12.9. The van der Waals surface area contributed by atoms with Gasteiger partial charge in [-0.2, -0.15) is 0 Å². The number of nitrogens with zero attached hydrogens (tertiary/aromatic N) is 1. The third-order valence-corrected chi connectivity index (χ3v) is 4.84. The molecule has 2 unspecified atom stereocenters. The number of hydrogen-bond acceptors (Lipinski definition) is 7. The van der Waals surface area contributed by atoms with Crippen molar-refractivity contribution in [2.45, 2.75) is 26.7 Å². The van der Waals surface area contributed by atoms with Gasteiger partial charge in [-0.25, -0.2) is 4.79 Å². The van der Waals surface area contributed by atoms with Gasteiger partial charge in [0.2, 0.25) is 0 Å². The van der Waals surface area contributed by atoms with Crippen LogP contribution in [-0.4, -0.2) is 50.6 Å². The van der Waals surface area contributed by atoms with E-state index in [0.717, 1.165) is 0 Å². The molecule has 2 rings (SSSR count). The smallest absolute Gasteiger partial charge is 0.336 e. The van der Waals surface area contributed by atoms with Crippen molar-refractivity contribution in [3.8, 4) is 0 Å². The number of hydrogen-bond donors (Lipinski definition) is 1. The van der Waals surface area contributed by atoms with Crippen LogP contribution >= 0.6 is 11.6 Å². The van der Waals surface area contributed by atoms with Crippen molar-refractivity contribution < 1.29 is 23.8 Å². The van der Waals surface area contributed by atoms with Crippen molar-refractivity contribution in [2.75, 3.05) is 33.0 Å². The quantitative estimate of drug-likeness (QED) is 0.485. The molecule has 0 radical (unpaired) electrons. The standard InChI is InChI=1S/C21H27ClN2O5/c1-4-28-20(25)17-13(3)24-16(12-27-11-10-23)19(21(26)29-5-2)18(17)14-8-6-7-9-15(14)22/h6-9,17-18H,4-5,10-12,23H2,1-3H3. The van der Waals surface area contributed by atoms with Gasteiger partial charge in [-0.15, -0.1) is 0 Å². The average Bonchev–Trinajstić information content (AvgIpc) is 2.68. The van der Waals surface area contributed by atoms with E-state index in [-0.39, 0.29) is 25.4 Å². The van der Waals surface area contributed by atoms with Gasteiger partial charge in [0.15, 0.2) is 0 Å². The van der Waals surface area contributed by atoms with E-state index in [2.05, 4.69) is 4.99 Å². The monoisotopic (exact) mass is 422 g/mol. The van der Waals surface area contributed by atoms with Crippen LogP contribution in [0, 0.1) is 5.92 Å². The molecule has 0 bridgehead atoms. The molecule has 0 spiro atoms. The highest BCUT2D eigenvalue weighted by Gasteiger charge is 2.43. The van der Waals surface area contributed by atoms with Crippen LogP contribution in [0.1, 0.15) is 32.3 Å². The minimum absolute atomic E-state index is 0.0686. The molecular weight excluding hydrogens is 396 g/mol. The Morgan fingerprint density at radius 1 is 1.17 bits per heavy atom. The molecule has 1 aliphatic heterocycles. The second kappa shape index (κ2) is 11.1. The summed E-state index contributed by atoms with van der Waals surface area (Å²) in [5.41, 5.74) is 7.30. The molecule has 29 heavy (non-hydrogen) atoms. The van der Waals surface area contributed by atoms with Crippen LogP contribution in [0.5, 0.6) is 0 Å². The average molecular weight is 423 g/mol. The number of rotatable bonds is 9. The van der Waals surface area contributed by atoms with Gasteiger partial charge in [0.25, 0.3) is 0 Å². The van der Waals surface area contributed by atoms with Crippen molar-refractivity contribution in [1.29, 1.82) is 0 Å². The van der Waals surface area contributed by atoms with Gasteiger partial charge in [-0.3, -0.25) is 9.79 Å². The molecule has 0 saturated carbocycles. The first-order chi connectivity index (χ1) is 14.0. The summed E-state index contributed by atoms with van der Waals surface area (Å²) >= 11 is 6.46. The van der Waals surface area contributed by atoms with E-state index in [9.17, 15) is 9.59 Å². The molecule has 8 heteroatoms. The Hall–Kier alpha value is -2.22. The molecule has 0 saturated heterocycles. The second-order valence-corrected chi connectivity index (χ2v) is 6.81. The fourth-order valence-electron chi connectivity index (χ4n) is 3.35. The zero-order valence-corrected chi connectivity index (χ0v) is 17.7. The van der Waals surface area contributed by atoms with Crippen molar-refractivity contribution in [2.24, 2.45) is 16.6 Å². The van der Waals surface area contributed by atoms with Gasteiger partial charge < -0.3 is 19.9 Å². The van der Waals surface area contributed by atoms with E-state index in [4.69, 9.17) is 31.5 Å². The highest BCUT2D eigenvalue weighted by atomic mass is 35.5. The van der Waals surface area contributed by atoms with Crippen LogP contribution in [0.25, 0.3) is 0 Å². The summed E-state index contributed by atoms with van der Waals surface area (Å²) < 4.78 is 16.1. The third kappa shape index (κ3) is 5.44. The van der Waals surface area contributed by atoms with Crippen molar-refractivity contribution in [3.05, 3.63) is 46.1 Å². The highest BCUT2D eigenvalue weighted by molar-refractivity contribution is 6.31.